The van der Waals surface area contributed by atoms with Gasteiger partial charge in [0.15, 0.2) is 5.69 Å². The van der Waals surface area contributed by atoms with Crippen molar-refractivity contribution in [3.05, 3.63) is 16.1 Å². The highest BCUT2D eigenvalue weighted by Gasteiger charge is 2.08. The Morgan fingerprint density at radius 3 is 2.89 bits per heavy atom. The van der Waals surface area contributed by atoms with E-state index in [4.69, 9.17) is 14.6 Å². The number of aromatic nitrogens is 1. The molecule has 1 aromatic rings. The maximum absolute atomic E-state index is 11.3. The first-order chi connectivity index (χ1) is 9.13. The summed E-state index contributed by atoms with van der Waals surface area (Å²) in [6.07, 6.45) is 0.502. The molecule has 19 heavy (non-hydrogen) atoms. The van der Waals surface area contributed by atoms with Crippen LogP contribution < -0.4 is 5.32 Å². The lowest BCUT2D eigenvalue weighted by Crippen LogP contribution is -2.29. The number of rotatable bonds is 9. The number of carbonyl (C=O) groups excluding carboxylic acids is 1. The Kier molecular flexibility index (Phi) is 7.01. The molecule has 8 heteroatoms. The molecular weight excluding hydrogens is 272 g/mol. The number of carboxylic acid groups (broad SMARTS) is 1. The number of carbonyl (C=O) groups is 2. The van der Waals surface area contributed by atoms with E-state index in [1.165, 1.54) is 16.7 Å². The monoisotopic (exact) mass is 288 g/mol. The van der Waals surface area contributed by atoms with Crippen LogP contribution in [0.15, 0.2) is 5.38 Å². The minimum absolute atomic E-state index is 0.0123. The van der Waals surface area contributed by atoms with Crippen LogP contribution >= 0.6 is 11.3 Å². The summed E-state index contributed by atoms with van der Waals surface area (Å²) in [5.74, 6) is -1.26. The van der Waals surface area contributed by atoms with Gasteiger partial charge in [0.05, 0.1) is 18.2 Å². The van der Waals surface area contributed by atoms with Gasteiger partial charge in [0.25, 0.3) is 0 Å². The molecule has 1 heterocycles. The Balaban J connectivity index is 2.15. The van der Waals surface area contributed by atoms with Crippen molar-refractivity contribution in [2.75, 3.05) is 33.5 Å². The first kappa shape index (κ1) is 15.5. The molecule has 106 valence electrons. The second kappa shape index (κ2) is 8.57. The maximum Gasteiger partial charge on any atom is 0.355 e. The van der Waals surface area contributed by atoms with Gasteiger partial charge in [0.2, 0.25) is 5.91 Å². The first-order valence-corrected chi connectivity index (χ1v) is 6.52. The van der Waals surface area contributed by atoms with Crippen molar-refractivity contribution in [3.8, 4) is 0 Å². The van der Waals surface area contributed by atoms with E-state index in [2.05, 4.69) is 10.3 Å². The van der Waals surface area contributed by atoms with E-state index in [9.17, 15) is 9.59 Å². The lowest BCUT2D eigenvalue weighted by molar-refractivity contribution is -0.126. The number of nitrogens with one attached hydrogen (secondary N) is 1. The van der Waals surface area contributed by atoms with Crippen LogP contribution in [-0.2, 0) is 20.7 Å². The van der Waals surface area contributed by atoms with Crippen molar-refractivity contribution >= 4 is 23.2 Å². The number of hydrogen-bond acceptors (Lipinski definition) is 6. The van der Waals surface area contributed by atoms with Crippen molar-refractivity contribution in [2.45, 2.75) is 6.42 Å². The number of thiazole rings is 1. The van der Waals surface area contributed by atoms with E-state index in [0.29, 0.717) is 31.2 Å². The van der Waals surface area contributed by atoms with Crippen molar-refractivity contribution < 1.29 is 24.2 Å². The summed E-state index contributed by atoms with van der Waals surface area (Å²) in [4.78, 5) is 25.9. The Bertz CT molecular complexity index is 421. The van der Waals surface area contributed by atoms with Gasteiger partial charge in [0.1, 0.15) is 6.61 Å². The quantitative estimate of drug-likeness (QED) is 0.628. The van der Waals surface area contributed by atoms with Crippen LogP contribution in [0.1, 0.15) is 15.5 Å². The van der Waals surface area contributed by atoms with E-state index >= 15 is 0 Å². The van der Waals surface area contributed by atoms with Crippen LogP contribution in [0.25, 0.3) is 0 Å². The highest BCUT2D eigenvalue weighted by molar-refractivity contribution is 7.09. The van der Waals surface area contributed by atoms with Gasteiger partial charge in [0, 0.05) is 25.5 Å². The van der Waals surface area contributed by atoms with E-state index < -0.39 is 5.97 Å². The Morgan fingerprint density at radius 1 is 1.47 bits per heavy atom. The third kappa shape index (κ3) is 6.27. The molecule has 1 amide bonds. The molecule has 0 saturated carbocycles. The molecule has 1 aromatic heterocycles. The molecule has 0 aliphatic heterocycles. The fourth-order valence-corrected chi connectivity index (χ4v) is 1.96. The Morgan fingerprint density at radius 2 is 2.26 bits per heavy atom. The predicted octanol–water partition coefficient (Wildman–Crippen LogP) is 0.163. The normalized spacial score (nSPS) is 10.4. The van der Waals surface area contributed by atoms with Gasteiger partial charge in [-0.25, -0.2) is 9.78 Å². The highest BCUT2D eigenvalue weighted by atomic mass is 32.1. The van der Waals surface area contributed by atoms with Crippen molar-refractivity contribution in [2.24, 2.45) is 0 Å². The molecule has 1 rings (SSSR count). The van der Waals surface area contributed by atoms with E-state index in [1.807, 2.05) is 0 Å². The van der Waals surface area contributed by atoms with Gasteiger partial charge < -0.3 is 19.9 Å². The lowest BCUT2D eigenvalue weighted by Gasteiger charge is -2.04. The van der Waals surface area contributed by atoms with E-state index in [1.54, 1.807) is 7.11 Å². The summed E-state index contributed by atoms with van der Waals surface area (Å²) in [6.45, 7) is 1.21. The molecular formula is C11H16N2O5S. The number of carboxylic acids is 1. The minimum atomic E-state index is -1.04. The lowest BCUT2D eigenvalue weighted by atomic mass is 10.4. The average molecular weight is 288 g/mol. The smallest absolute Gasteiger partial charge is 0.355 e. The predicted molar refractivity (Wildman–Crippen MR) is 68.5 cm³/mol. The molecule has 0 aliphatic rings. The second-order valence-corrected chi connectivity index (χ2v) is 4.52. The largest absolute Gasteiger partial charge is 0.476 e. The zero-order valence-electron chi connectivity index (χ0n) is 10.5. The number of hydrogen-bond donors (Lipinski definition) is 2. The summed E-state index contributed by atoms with van der Waals surface area (Å²) in [5, 5.41) is 13.5. The van der Waals surface area contributed by atoms with Crippen LogP contribution in [0.4, 0.5) is 0 Å². The van der Waals surface area contributed by atoms with Crippen molar-refractivity contribution in [3.63, 3.8) is 0 Å². The summed E-state index contributed by atoms with van der Waals surface area (Å²) in [7, 11) is 1.56. The van der Waals surface area contributed by atoms with Crippen LogP contribution in [-0.4, -0.2) is 55.4 Å². The SMILES string of the molecule is COCCOCC(=O)NCCc1nc(C(=O)O)cs1. The molecule has 2 N–H and O–H groups in total. The first-order valence-electron chi connectivity index (χ1n) is 5.64. The molecule has 0 fully saturated rings. The van der Waals surface area contributed by atoms with Gasteiger partial charge in [-0.1, -0.05) is 0 Å². The third-order valence-electron chi connectivity index (χ3n) is 2.10. The molecule has 0 saturated heterocycles. The standard InChI is InChI=1S/C11H16N2O5S/c1-17-4-5-18-6-9(14)12-3-2-10-13-8(7-19-10)11(15)16/h7H,2-6H2,1H3,(H,12,14)(H,15,16). The Labute approximate surface area is 114 Å². The van der Waals surface area contributed by atoms with Crippen LogP contribution in [0.2, 0.25) is 0 Å². The van der Waals surface area contributed by atoms with Gasteiger partial charge in [-0.05, 0) is 0 Å². The van der Waals surface area contributed by atoms with Crippen LogP contribution in [0, 0.1) is 0 Å². The molecule has 0 bridgehead atoms. The summed E-state index contributed by atoms with van der Waals surface area (Å²) in [5.41, 5.74) is 0.0363. The molecule has 7 nitrogen and oxygen atoms in total. The topological polar surface area (TPSA) is 97.8 Å². The number of aromatic carboxylic acids is 1. The molecule has 0 atom stereocenters. The number of nitrogens with zero attached hydrogens (tertiary/aromatic N) is 1. The fourth-order valence-electron chi connectivity index (χ4n) is 1.19. The number of amides is 1. The number of ether oxygens (including phenoxy) is 2. The summed E-state index contributed by atoms with van der Waals surface area (Å²) in [6, 6.07) is 0. The number of methoxy groups -OCH3 is 1. The van der Waals surface area contributed by atoms with E-state index in [-0.39, 0.29) is 18.2 Å². The van der Waals surface area contributed by atoms with Crippen LogP contribution in [0.3, 0.4) is 0 Å². The average Bonchev–Trinajstić information content (AvgIpc) is 2.84. The fraction of sp³-hybridized carbons (Fsp3) is 0.545. The van der Waals surface area contributed by atoms with Gasteiger partial charge in [-0.2, -0.15) is 0 Å². The Hall–Kier alpha value is -1.51. The van der Waals surface area contributed by atoms with Gasteiger partial charge in [-0.15, -0.1) is 11.3 Å². The maximum atomic E-state index is 11.3. The molecule has 0 aromatic carbocycles. The minimum Gasteiger partial charge on any atom is -0.476 e. The van der Waals surface area contributed by atoms with Gasteiger partial charge >= 0.3 is 5.97 Å². The van der Waals surface area contributed by atoms with Crippen molar-refractivity contribution in [1.29, 1.82) is 0 Å². The zero-order chi connectivity index (χ0) is 14.1. The van der Waals surface area contributed by atoms with Crippen molar-refractivity contribution in [1.82, 2.24) is 10.3 Å². The van der Waals surface area contributed by atoms with Crippen LogP contribution in [0.5, 0.6) is 0 Å². The summed E-state index contributed by atoms with van der Waals surface area (Å²) < 4.78 is 9.82. The molecule has 0 spiro atoms. The van der Waals surface area contributed by atoms with E-state index in [0.717, 1.165) is 0 Å². The third-order valence-corrected chi connectivity index (χ3v) is 3.01. The second-order valence-electron chi connectivity index (χ2n) is 3.58. The molecule has 0 unspecified atom stereocenters. The highest BCUT2D eigenvalue weighted by Crippen LogP contribution is 2.09. The zero-order valence-corrected chi connectivity index (χ0v) is 11.4. The molecule has 0 radical (unpaired) electrons. The van der Waals surface area contributed by atoms with Gasteiger partial charge in [-0.3, -0.25) is 4.79 Å². The molecule has 0 aliphatic carbocycles. The summed E-state index contributed by atoms with van der Waals surface area (Å²) >= 11 is 1.26.